The van der Waals surface area contributed by atoms with Crippen molar-refractivity contribution in [3.05, 3.63) is 46.9 Å². The number of aromatic nitrogens is 2. The maximum atomic E-state index is 12.2. The van der Waals surface area contributed by atoms with Crippen molar-refractivity contribution < 1.29 is 14.5 Å². The molecule has 1 saturated heterocycles. The molecule has 3 heterocycles. The van der Waals surface area contributed by atoms with E-state index in [1.165, 1.54) is 0 Å². The lowest BCUT2D eigenvalue weighted by Crippen LogP contribution is -3.00. The van der Waals surface area contributed by atoms with Crippen molar-refractivity contribution in [1.29, 1.82) is 0 Å². The van der Waals surface area contributed by atoms with Crippen LogP contribution in [0.25, 0.3) is 11.6 Å². The van der Waals surface area contributed by atoms with E-state index in [-0.39, 0.29) is 11.2 Å². The molecule has 2 aliphatic rings. The van der Waals surface area contributed by atoms with Crippen LogP contribution in [0.15, 0.2) is 30.5 Å². The summed E-state index contributed by atoms with van der Waals surface area (Å²) in [6.45, 7) is 1.68. The minimum Gasteiger partial charge on any atom is -0.629 e. The third-order valence-corrected chi connectivity index (χ3v) is 3.68. The van der Waals surface area contributed by atoms with Crippen molar-refractivity contribution in [2.24, 2.45) is 0 Å². The quantitative estimate of drug-likeness (QED) is 0.642. The first-order valence-corrected chi connectivity index (χ1v) is 6.92. The number of hydroxylamine groups is 1. The van der Waals surface area contributed by atoms with E-state index in [2.05, 4.69) is 10.2 Å². The molecule has 6 nitrogen and oxygen atoms in total. The van der Waals surface area contributed by atoms with E-state index in [9.17, 15) is 5.21 Å². The molecule has 21 heavy (non-hydrogen) atoms. The number of H-pyrrole nitrogens is 1. The van der Waals surface area contributed by atoms with Crippen molar-refractivity contribution in [2.45, 2.75) is 6.10 Å². The summed E-state index contributed by atoms with van der Waals surface area (Å²) in [5.74, 6) is 0.750. The number of aromatic amines is 1. The van der Waals surface area contributed by atoms with Gasteiger partial charge < -0.3 is 19.7 Å². The van der Waals surface area contributed by atoms with Crippen LogP contribution in [-0.2, 0) is 4.74 Å². The highest BCUT2D eigenvalue weighted by atomic mass is 16.6. The summed E-state index contributed by atoms with van der Waals surface area (Å²) in [6.07, 6.45) is 3.84. The summed E-state index contributed by atoms with van der Waals surface area (Å²) >= 11 is 0. The molecule has 0 bridgehead atoms. The van der Waals surface area contributed by atoms with E-state index >= 15 is 0 Å². The summed E-state index contributed by atoms with van der Waals surface area (Å²) in [5.41, 5.74) is 3.48. The van der Waals surface area contributed by atoms with Gasteiger partial charge in [-0.3, -0.25) is 5.10 Å². The van der Waals surface area contributed by atoms with Crippen molar-refractivity contribution in [3.8, 4) is 5.75 Å². The zero-order valence-corrected chi connectivity index (χ0v) is 11.3. The van der Waals surface area contributed by atoms with Crippen LogP contribution in [-0.4, -0.2) is 36.1 Å². The van der Waals surface area contributed by atoms with Crippen LogP contribution in [0.5, 0.6) is 5.75 Å². The molecule has 6 heteroatoms. The van der Waals surface area contributed by atoms with Crippen molar-refractivity contribution in [1.82, 2.24) is 10.2 Å². The zero-order chi connectivity index (χ0) is 14.2. The van der Waals surface area contributed by atoms with Gasteiger partial charge in [-0.25, -0.2) is 0 Å². The van der Waals surface area contributed by atoms with Gasteiger partial charge in [-0.05, 0) is 18.2 Å². The number of ether oxygens (including phenoxy) is 2. The number of epoxide rings is 1. The number of nitrogens with zero attached hydrogens (tertiary/aromatic N) is 1. The van der Waals surface area contributed by atoms with E-state index in [1.54, 1.807) is 6.20 Å². The molecule has 0 radical (unpaired) electrons. The smallest absolute Gasteiger partial charge is 0.143 e. The van der Waals surface area contributed by atoms with Gasteiger partial charge in [0.25, 0.3) is 0 Å². The Labute approximate surface area is 121 Å². The van der Waals surface area contributed by atoms with Crippen molar-refractivity contribution in [3.63, 3.8) is 0 Å². The number of hydrogen-bond acceptors (Lipinski definition) is 4. The fraction of sp³-hybridized carbons (Fsp3) is 0.267. The molecule has 4 rings (SSSR count). The van der Waals surface area contributed by atoms with Gasteiger partial charge in [-0.2, -0.15) is 5.10 Å². The van der Waals surface area contributed by atoms with Gasteiger partial charge in [0.2, 0.25) is 0 Å². The molecule has 0 amide bonds. The Balaban J connectivity index is 1.71. The lowest BCUT2D eigenvalue weighted by atomic mass is 10.1. The summed E-state index contributed by atoms with van der Waals surface area (Å²) in [7, 11) is 0. The number of benzene rings is 1. The van der Waals surface area contributed by atoms with E-state index in [0.29, 0.717) is 13.2 Å². The molecule has 1 aromatic carbocycles. The topological polar surface area (TPSA) is 77.9 Å². The molecular formula is C15H15N3O3. The first-order valence-electron chi connectivity index (χ1n) is 6.92. The molecule has 1 aromatic heterocycles. The predicted molar refractivity (Wildman–Crippen MR) is 77.0 cm³/mol. The Morgan fingerprint density at radius 3 is 3.14 bits per heavy atom. The molecule has 1 fully saturated rings. The van der Waals surface area contributed by atoms with E-state index in [0.717, 1.165) is 34.9 Å². The average Bonchev–Trinajstić information content (AvgIpc) is 3.08. The van der Waals surface area contributed by atoms with Crippen LogP contribution in [0.2, 0.25) is 0 Å². The Morgan fingerprint density at radius 1 is 1.48 bits per heavy atom. The van der Waals surface area contributed by atoms with Gasteiger partial charge in [0.15, 0.2) is 0 Å². The minimum absolute atomic E-state index is 0.129. The number of rotatable bonds is 4. The van der Waals surface area contributed by atoms with Crippen LogP contribution in [0.3, 0.4) is 0 Å². The number of fused-ring (bicyclic) bond motifs is 1. The van der Waals surface area contributed by atoms with E-state index < -0.39 is 0 Å². The molecule has 2 unspecified atom stereocenters. The van der Waals surface area contributed by atoms with E-state index in [4.69, 9.17) is 9.47 Å². The highest BCUT2D eigenvalue weighted by Gasteiger charge is 2.29. The number of nitrogens with one attached hydrogen (secondary N) is 2. The van der Waals surface area contributed by atoms with Gasteiger partial charge >= 0.3 is 0 Å². The van der Waals surface area contributed by atoms with Gasteiger partial charge in [0.1, 0.15) is 30.7 Å². The van der Waals surface area contributed by atoms with Crippen LogP contribution in [0.1, 0.15) is 11.3 Å². The standard InChI is InChI=1S/C15H15N3O3/c19-18-7-10(6-11-4-5-16-17-11)15-13(18)2-1-3-14(15)21-9-12-8-20-12/h1-6,12,18H,7-9H2,(H,16,17). The molecule has 2 N–H and O–H groups in total. The Bertz CT molecular complexity index is 677. The Hall–Kier alpha value is -2.15. The van der Waals surface area contributed by atoms with Crippen molar-refractivity contribution in [2.75, 3.05) is 19.8 Å². The third kappa shape index (κ3) is 2.44. The number of quaternary nitrogens is 1. The van der Waals surface area contributed by atoms with Crippen molar-refractivity contribution >= 4 is 17.3 Å². The fourth-order valence-corrected chi connectivity index (χ4v) is 2.58. The number of hydrogen-bond donors (Lipinski definition) is 2. The minimum atomic E-state index is 0.129. The molecule has 2 atom stereocenters. The second-order valence-electron chi connectivity index (χ2n) is 5.23. The third-order valence-electron chi connectivity index (χ3n) is 3.68. The maximum Gasteiger partial charge on any atom is 0.143 e. The summed E-state index contributed by atoms with van der Waals surface area (Å²) in [6, 6.07) is 7.49. The highest BCUT2D eigenvalue weighted by molar-refractivity contribution is 5.89. The average molecular weight is 285 g/mol. The molecule has 0 spiro atoms. The van der Waals surface area contributed by atoms with Crippen LogP contribution in [0, 0.1) is 5.21 Å². The van der Waals surface area contributed by atoms with Crippen LogP contribution < -0.4 is 9.80 Å². The molecule has 108 valence electrons. The summed E-state index contributed by atoms with van der Waals surface area (Å²) in [4.78, 5) is 0. The zero-order valence-electron chi connectivity index (χ0n) is 11.3. The van der Waals surface area contributed by atoms with E-state index in [1.807, 2.05) is 30.3 Å². The second-order valence-corrected chi connectivity index (χ2v) is 5.23. The lowest BCUT2D eigenvalue weighted by molar-refractivity contribution is -0.762. The predicted octanol–water partition coefficient (Wildman–Crippen LogP) is 0.756. The SMILES string of the molecule is [O-][NH+]1CC(=Cc2ccn[nH]2)c2c(OCC3CO3)cccc21. The van der Waals surface area contributed by atoms with Gasteiger partial charge in [-0.1, -0.05) is 6.07 Å². The molecule has 2 aliphatic heterocycles. The van der Waals surface area contributed by atoms with Crippen LogP contribution >= 0.6 is 0 Å². The van der Waals surface area contributed by atoms with Gasteiger partial charge in [0.05, 0.1) is 17.9 Å². The molecular weight excluding hydrogens is 270 g/mol. The monoisotopic (exact) mass is 285 g/mol. The largest absolute Gasteiger partial charge is 0.629 e. The Morgan fingerprint density at radius 2 is 2.38 bits per heavy atom. The maximum absolute atomic E-state index is 12.2. The second kappa shape index (κ2) is 5.00. The molecule has 2 aromatic rings. The first kappa shape index (κ1) is 12.6. The normalized spacial score (nSPS) is 25.1. The summed E-state index contributed by atoms with van der Waals surface area (Å²) in [5, 5.41) is 19.1. The van der Waals surface area contributed by atoms with Gasteiger partial charge in [-0.15, -0.1) is 0 Å². The molecule has 0 saturated carbocycles. The highest BCUT2D eigenvalue weighted by Crippen LogP contribution is 2.35. The first-order chi connectivity index (χ1) is 10.3. The molecule has 0 aliphatic carbocycles. The lowest BCUT2D eigenvalue weighted by Gasteiger charge is -2.15. The van der Waals surface area contributed by atoms with Gasteiger partial charge in [0, 0.05) is 17.8 Å². The fourth-order valence-electron chi connectivity index (χ4n) is 2.58. The summed E-state index contributed by atoms with van der Waals surface area (Å²) < 4.78 is 11.0. The van der Waals surface area contributed by atoms with Crippen LogP contribution in [0.4, 0.5) is 5.69 Å². The Kier molecular flexibility index (Phi) is 2.99.